The highest BCUT2D eigenvalue weighted by Crippen LogP contribution is 2.25. The lowest BCUT2D eigenvalue weighted by Gasteiger charge is -2.32. The molecule has 4 aromatic rings. The normalized spacial score (nSPS) is 15.9. The fraction of sp³-hybridized carbons (Fsp3) is 0.308. The molecule has 35 heavy (non-hydrogen) atoms. The molecule has 9 nitrogen and oxygen atoms in total. The molecular formula is C26H27N7O2. The van der Waals surface area contributed by atoms with Crippen LogP contribution in [0.2, 0.25) is 0 Å². The Labute approximate surface area is 202 Å². The average molecular weight is 470 g/mol. The highest BCUT2D eigenvalue weighted by Gasteiger charge is 2.26. The average Bonchev–Trinajstić information content (AvgIpc) is 3.26. The number of benzene rings is 2. The summed E-state index contributed by atoms with van der Waals surface area (Å²) in [4.78, 5) is 33.9. The van der Waals surface area contributed by atoms with Gasteiger partial charge in [0.05, 0.1) is 24.7 Å². The zero-order valence-corrected chi connectivity index (χ0v) is 19.6. The van der Waals surface area contributed by atoms with E-state index in [1.54, 1.807) is 13.1 Å². The van der Waals surface area contributed by atoms with Crippen LogP contribution >= 0.6 is 0 Å². The first-order chi connectivity index (χ1) is 17.0. The summed E-state index contributed by atoms with van der Waals surface area (Å²) in [5.74, 6) is 0.590. The monoisotopic (exact) mass is 469 g/mol. The number of hydrogen-bond donors (Lipinski definition) is 1. The quantitative estimate of drug-likeness (QED) is 0.477. The van der Waals surface area contributed by atoms with Crippen molar-refractivity contribution in [3.05, 3.63) is 92.1 Å². The van der Waals surface area contributed by atoms with Crippen molar-refractivity contribution in [2.24, 2.45) is 12.8 Å². The van der Waals surface area contributed by atoms with E-state index in [1.807, 2.05) is 53.1 Å². The third-order valence-corrected chi connectivity index (χ3v) is 6.60. The van der Waals surface area contributed by atoms with E-state index >= 15 is 0 Å². The van der Waals surface area contributed by atoms with Gasteiger partial charge in [-0.05, 0) is 30.0 Å². The van der Waals surface area contributed by atoms with Crippen molar-refractivity contribution in [2.75, 3.05) is 18.0 Å². The molecule has 9 heteroatoms. The number of nitriles is 1. The molecule has 1 fully saturated rings. The molecule has 1 saturated heterocycles. The van der Waals surface area contributed by atoms with Crippen LogP contribution in [0.15, 0.2) is 64.2 Å². The van der Waals surface area contributed by atoms with E-state index in [9.17, 15) is 14.9 Å². The minimum Gasteiger partial charge on any atom is -0.341 e. The maximum atomic E-state index is 13.8. The number of nitrogens with zero attached hydrogens (tertiary/aromatic N) is 6. The number of aryl methyl sites for hydroxylation is 1. The van der Waals surface area contributed by atoms with E-state index in [-0.39, 0.29) is 19.1 Å². The Balaban J connectivity index is 1.75. The lowest BCUT2D eigenvalue weighted by atomic mass is 10.1. The summed E-state index contributed by atoms with van der Waals surface area (Å²) in [5, 5.41) is 9.64. The summed E-state index contributed by atoms with van der Waals surface area (Å²) < 4.78 is 4.52. The Hall–Kier alpha value is -4.16. The second-order valence-corrected chi connectivity index (χ2v) is 9.01. The van der Waals surface area contributed by atoms with Gasteiger partial charge in [-0.1, -0.05) is 48.5 Å². The lowest BCUT2D eigenvalue weighted by Crippen LogP contribution is -2.44. The molecule has 0 amide bonds. The van der Waals surface area contributed by atoms with Crippen LogP contribution in [-0.4, -0.2) is 37.8 Å². The molecule has 2 aromatic carbocycles. The van der Waals surface area contributed by atoms with Gasteiger partial charge in [-0.25, -0.2) is 4.79 Å². The molecule has 0 radical (unpaired) electrons. The predicted molar refractivity (Wildman–Crippen MR) is 134 cm³/mol. The molecule has 5 rings (SSSR count). The van der Waals surface area contributed by atoms with Crippen LogP contribution in [0, 0.1) is 11.3 Å². The topological polar surface area (TPSA) is 115 Å². The van der Waals surface area contributed by atoms with E-state index in [4.69, 9.17) is 10.7 Å². The molecule has 1 aliphatic rings. The van der Waals surface area contributed by atoms with E-state index in [0.29, 0.717) is 29.2 Å². The van der Waals surface area contributed by atoms with Crippen molar-refractivity contribution in [3.63, 3.8) is 0 Å². The number of anilines is 1. The van der Waals surface area contributed by atoms with Gasteiger partial charge < -0.3 is 10.6 Å². The SMILES string of the molecule is Cn1c(=O)n(Cc2ccccc2)c(=O)c2c1nc(N1CCC[C@@H](N)C1)n2Cc1ccccc1C#N. The summed E-state index contributed by atoms with van der Waals surface area (Å²) in [7, 11) is 1.64. The minimum atomic E-state index is -0.421. The molecule has 2 aromatic heterocycles. The van der Waals surface area contributed by atoms with E-state index < -0.39 is 11.2 Å². The molecule has 0 bridgehead atoms. The maximum Gasteiger partial charge on any atom is 0.332 e. The van der Waals surface area contributed by atoms with Gasteiger partial charge in [0, 0.05) is 26.2 Å². The fourth-order valence-corrected chi connectivity index (χ4v) is 4.79. The summed E-state index contributed by atoms with van der Waals surface area (Å²) in [6.07, 6.45) is 1.84. The summed E-state index contributed by atoms with van der Waals surface area (Å²) in [6, 6.07) is 19.0. The summed E-state index contributed by atoms with van der Waals surface area (Å²) in [5.41, 5.74) is 8.26. The highest BCUT2D eigenvalue weighted by molar-refractivity contribution is 5.75. The smallest absolute Gasteiger partial charge is 0.332 e. The number of hydrogen-bond acceptors (Lipinski definition) is 6. The van der Waals surface area contributed by atoms with Crippen molar-refractivity contribution in [3.8, 4) is 6.07 Å². The Morgan fingerprint density at radius 3 is 2.54 bits per heavy atom. The van der Waals surface area contributed by atoms with Crippen LogP contribution in [0.5, 0.6) is 0 Å². The third kappa shape index (κ3) is 4.13. The molecule has 178 valence electrons. The zero-order chi connectivity index (χ0) is 24.5. The van der Waals surface area contributed by atoms with Crippen molar-refractivity contribution in [2.45, 2.75) is 32.0 Å². The number of imidazole rings is 1. The van der Waals surface area contributed by atoms with Crippen LogP contribution in [0.1, 0.15) is 29.5 Å². The van der Waals surface area contributed by atoms with Crippen LogP contribution in [0.3, 0.4) is 0 Å². The van der Waals surface area contributed by atoms with Crippen LogP contribution in [0.25, 0.3) is 11.2 Å². The fourth-order valence-electron chi connectivity index (χ4n) is 4.79. The predicted octanol–water partition coefficient (Wildman–Crippen LogP) is 1.79. The molecular weight excluding hydrogens is 442 g/mol. The molecule has 1 atom stereocenters. The van der Waals surface area contributed by atoms with Crippen LogP contribution in [0.4, 0.5) is 5.95 Å². The Kier molecular flexibility index (Phi) is 5.97. The van der Waals surface area contributed by atoms with Gasteiger partial charge in [0.1, 0.15) is 0 Å². The summed E-state index contributed by atoms with van der Waals surface area (Å²) >= 11 is 0. The minimum absolute atomic E-state index is 0.00182. The molecule has 0 aliphatic carbocycles. The van der Waals surface area contributed by atoms with Gasteiger partial charge in [-0.2, -0.15) is 10.2 Å². The van der Waals surface area contributed by atoms with Crippen molar-refractivity contribution >= 4 is 17.1 Å². The maximum absolute atomic E-state index is 13.8. The second kappa shape index (κ2) is 9.24. The van der Waals surface area contributed by atoms with Gasteiger partial charge in [-0.3, -0.25) is 18.5 Å². The Morgan fingerprint density at radius 2 is 1.80 bits per heavy atom. The van der Waals surface area contributed by atoms with Crippen LogP contribution in [-0.2, 0) is 20.1 Å². The standard InChI is InChI=1S/C26H27N7O2/c1-30-23-22(24(34)33(26(30)35)15-18-8-3-2-4-9-18)32(16-20-11-6-5-10-19(20)14-27)25(29-23)31-13-7-12-21(28)17-31/h2-6,8-11,21H,7,12-13,15-17,28H2,1H3/t21-/m1/s1. The van der Waals surface area contributed by atoms with Gasteiger partial charge in [-0.15, -0.1) is 0 Å². The van der Waals surface area contributed by atoms with Crippen molar-refractivity contribution in [1.82, 2.24) is 18.7 Å². The first kappa shape index (κ1) is 22.6. The van der Waals surface area contributed by atoms with Crippen molar-refractivity contribution < 1.29 is 0 Å². The third-order valence-electron chi connectivity index (χ3n) is 6.60. The second-order valence-electron chi connectivity index (χ2n) is 9.01. The number of fused-ring (bicyclic) bond motifs is 1. The Morgan fingerprint density at radius 1 is 1.06 bits per heavy atom. The first-order valence-corrected chi connectivity index (χ1v) is 11.7. The van der Waals surface area contributed by atoms with Crippen molar-refractivity contribution in [1.29, 1.82) is 5.26 Å². The van der Waals surface area contributed by atoms with Gasteiger partial charge in [0.15, 0.2) is 11.2 Å². The molecule has 3 heterocycles. The van der Waals surface area contributed by atoms with Gasteiger partial charge >= 0.3 is 5.69 Å². The van der Waals surface area contributed by atoms with Crippen LogP contribution < -0.4 is 21.9 Å². The van der Waals surface area contributed by atoms with E-state index in [0.717, 1.165) is 30.5 Å². The van der Waals surface area contributed by atoms with Gasteiger partial charge in [0.25, 0.3) is 5.56 Å². The molecule has 0 saturated carbocycles. The first-order valence-electron chi connectivity index (χ1n) is 11.7. The molecule has 1 aliphatic heterocycles. The highest BCUT2D eigenvalue weighted by atomic mass is 16.2. The summed E-state index contributed by atoms with van der Waals surface area (Å²) in [6.45, 7) is 1.80. The Bertz CT molecular complexity index is 1540. The number of nitrogens with two attached hydrogens (primary N) is 1. The van der Waals surface area contributed by atoms with Gasteiger partial charge in [0.2, 0.25) is 5.95 Å². The van der Waals surface area contributed by atoms with E-state index in [2.05, 4.69) is 11.0 Å². The number of rotatable bonds is 5. The molecule has 0 unspecified atom stereocenters. The lowest BCUT2D eigenvalue weighted by molar-refractivity contribution is 0.495. The van der Waals surface area contributed by atoms with E-state index in [1.165, 1.54) is 9.13 Å². The number of aromatic nitrogens is 4. The largest absolute Gasteiger partial charge is 0.341 e. The molecule has 2 N–H and O–H groups in total. The zero-order valence-electron chi connectivity index (χ0n) is 19.6. The number of piperidine rings is 1. The molecule has 0 spiro atoms.